The average Bonchev–Trinajstić information content (AvgIpc) is 2.99. The van der Waals surface area contributed by atoms with Crippen LogP contribution in [-0.2, 0) is 10.2 Å². The zero-order valence-corrected chi connectivity index (χ0v) is 10.3. The topological polar surface area (TPSA) is 120 Å². The molecule has 1 aliphatic rings. The van der Waals surface area contributed by atoms with Gasteiger partial charge in [-0.05, 0) is 13.3 Å². The molecule has 8 heteroatoms. The number of anilines is 1. The second kappa shape index (κ2) is 4.01. The fourth-order valence-electron chi connectivity index (χ4n) is 1.99. The number of rotatable bonds is 2. The quantitative estimate of drug-likeness (QED) is 0.772. The number of carbonyl (C=O) groups is 1. The number of amides is 1. The number of nitrogen functional groups attached to an aromatic ring is 1. The Labute approximate surface area is 108 Å². The standard InChI is InChI=1S/C11H12N6O2/c1-11(2-3-15-9(11)18)10-17-16-8(19-10)6-7(12)14-5-4-13-6/h4-5H,2-3H2,1H3,(H2,12,14)(H,15,18). The van der Waals surface area contributed by atoms with E-state index >= 15 is 0 Å². The van der Waals surface area contributed by atoms with Crippen molar-refractivity contribution in [2.75, 3.05) is 12.3 Å². The summed E-state index contributed by atoms with van der Waals surface area (Å²) in [5.41, 5.74) is 5.23. The minimum atomic E-state index is -0.789. The summed E-state index contributed by atoms with van der Waals surface area (Å²) < 4.78 is 5.54. The SMILES string of the molecule is CC1(c2nnc(-c3nccnc3N)o2)CCNC1=O. The van der Waals surface area contributed by atoms with Gasteiger partial charge < -0.3 is 15.5 Å². The van der Waals surface area contributed by atoms with Crippen LogP contribution < -0.4 is 11.1 Å². The second-order valence-electron chi connectivity index (χ2n) is 4.54. The Bertz CT molecular complexity index is 640. The van der Waals surface area contributed by atoms with E-state index in [0.717, 1.165) is 0 Å². The van der Waals surface area contributed by atoms with Gasteiger partial charge in [0.25, 0.3) is 5.89 Å². The van der Waals surface area contributed by atoms with Crippen LogP contribution in [0.15, 0.2) is 16.8 Å². The highest BCUT2D eigenvalue weighted by Gasteiger charge is 2.44. The van der Waals surface area contributed by atoms with Gasteiger partial charge in [-0.1, -0.05) is 0 Å². The molecule has 2 aromatic rings. The van der Waals surface area contributed by atoms with E-state index in [2.05, 4.69) is 25.5 Å². The summed E-state index contributed by atoms with van der Waals surface area (Å²) in [7, 11) is 0. The molecule has 0 spiro atoms. The minimum absolute atomic E-state index is 0.116. The van der Waals surface area contributed by atoms with Gasteiger partial charge in [0.15, 0.2) is 11.5 Å². The number of carbonyl (C=O) groups excluding carboxylic acids is 1. The Morgan fingerprint density at radius 2 is 2.16 bits per heavy atom. The molecule has 0 radical (unpaired) electrons. The Morgan fingerprint density at radius 3 is 2.84 bits per heavy atom. The summed E-state index contributed by atoms with van der Waals surface area (Å²) in [6.45, 7) is 2.37. The Morgan fingerprint density at radius 1 is 1.37 bits per heavy atom. The normalized spacial score (nSPS) is 22.5. The summed E-state index contributed by atoms with van der Waals surface area (Å²) >= 11 is 0. The van der Waals surface area contributed by atoms with Crippen molar-refractivity contribution in [2.24, 2.45) is 0 Å². The predicted octanol–water partition coefficient (Wildman–Crippen LogP) is -0.114. The first kappa shape index (κ1) is 11.6. The molecule has 19 heavy (non-hydrogen) atoms. The molecule has 1 fully saturated rings. The lowest BCUT2D eigenvalue weighted by Crippen LogP contribution is -2.32. The van der Waals surface area contributed by atoms with E-state index in [1.54, 1.807) is 6.92 Å². The molecule has 0 saturated carbocycles. The van der Waals surface area contributed by atoms with Crippen molar-refractivity contribution < 1.29 is 9.21 Å². The molecule has 3 N–H and O–H groups in total. The van der Waals surface area contributed by atoms with Crippen molar-refractivity contribution in [3.63, 3.8) is 0 Å². The van der Waals surface area contributed by atoms with Crippen molar-refractivity contribution in [3.05, 3.63) is 18.3 Å². The van der Waals surface area contributed by atoms with Crippen molar-refractivity contribution in [1.29, 1.82) is 0 Å². The first-order valence-corrected chi connectivity index (χ1v) is 5.80. The molecular weight excluding hydrogens is 248 g/mol. The zero-order chi connectivity index (χ0) is 13.5. The van der Waals surface area contributed by atoms with Crippen LogP contribution in [0.25, 0.3) is 11.6 Å². The van der Waals surface area contributed by atoms with Gasteiger partial charge in [-0.15, -0.1) is 10.2 Å². The first-order valence-electron chi connectivity index (χ1n) is 5.80. The molecule has 1 amide bonds. The van der Waals surface area contributed by atoms with Crippen LogP contribution in [0, 0.1) is 0 Å². The molecule has 0 aliphatic carbocycles. The maximum Gasteiger partial charge on any atom is 0.270 e. The van der Waals surface area contributed by atoms with E-state index in [1.165, 1.54) is 12.4 Å². The third kappa shape index (κ3) is 1.72. The summed E-state index contributed by atoms with van der Waals surface area (Å²) in [5, 5.41) is 10.6. The maximum absolute atomic E-state index is 11.8. The Kier molecular flexibility index (Phi) is 2.44. The highest BCUT2D eigenvalue weighted by atomic mass is 16.4. The monoisotopic (exact) mass is 260 g/mol. The fourth-order valence-corrected chi connectivity index (χ4v) is 1.99. The van der Waals surface area contributed by atoms with Crippen LogP contribution in [0.2, 0.25) is 0 Å². The molecule has 1 aliphatic heterocycles. The van der Waals surface area contributed by atoms with E-state index < -0.39 is 5.41 Å². The van der Waals surface area contributed by atoms with Crippen molar-refractivity contribution in [3.8, 4) is 11.6 Å². The summed E-state index contributed by atoms with van der Waals surface area (Å²) in [6, 6.07) is 0. The van der Waals surface area contributed by atoms with E-state index in [4.69, 9.17) is 10.2 Å². The van der Waals surface area contributed by atoms with Gasteiger partial charge in [0.2, 0.25) is 11.8 Å². The molecule has 1 saturated heterocycles. The molecule has 3 heterocycles. The number of nitrogens with two attached hydrogens (primary N) is 1. The van der Waals surface area contributed by atoms with Gasteiger partial charge in [-0.3, -0.25) is 4.79 Å². The van der Waals surface area contributed by atoms with Crippen LogP contribution in [0.3, 0.4) is 0 Å². The lowest BCUT2D eigenvalue weighted by Gasteiger charge is -2.14. The third-order valence-corrected chi connectivity index (χ3v) is 3.24. The van der Waals surface area contributed by atoms with Gasteiger partial charge in [0, 0.05) is 18.9 Å². The summed E-state index contributed by atoms with van der Waals surface area (Å²) in [6.07, 6.45) is 3.57. The number of nitrogens with zero attached hydrogens (tertiary/aromatic N) is 4. The highest BCUT2D eigenvalue weighted by Crippen LogP contribution is 2.32. The molecule has 98 valence electrons. The molecule has 1 atom stereocenters. The van der Waals surface area contributed by atoms with Crippen LogP contribution in [0.5, 0.6) is 0 Å². The van der Waals surface area contributed by atoms with E-state index in [0.29, 0.717) is 18.7 Å². The molecule has 8 nitrogen and oxygen atoms in total. The molecule has 0 aromatic carbocycles. The van der Waals surface area contributed by atoms with Crippen molar-refractivity contribution >= 4 is 11.7 Å². The largest absolute Gasteiger partial charge is 0.418 e. The Balaban J connectivity index is 2.01. The lowest BCUT2D eigenvalue weighted by molar-refractivity contribution is -0.124. The van der Waals surface area contributed by atoms with Gasteiger partial charge in [0.1, 0.15) is 5.41 Å². The predicted molar refractivity (Wildman–Crippen MR) is 64.7 cm³/mol. The number of nitrogens with one attached hydrogen (secondary N) is 1. The third-order valence-electron chi connectivity index (χ3n) is 3.24. The van der Waals surface area contributed by atoms with Crippen LogP contribution >= 0.6 is 0 Å². The average molecular weight is 260 g/mol. The molecule has 2 aromatic heterocycles. The highest BCUT2D eigenvalue weighted by molar-refractivity contribution is 5.88. The van der Waals surface area contributed by atoms with E-state index in [1.807, 2.05) is 0 Å². The van der Waals surface area contributed by atoms with Crippen molar-refractivity contribution in [1.82, 2.24) is 25.5 Å². The van der Waals surface area contributed by atoms with Gasteiger partial charge in [-0.25, -0.2) is 9.97 Å². The molecular formula is C11H12N6O2. The van der Waals surface area contributed by atoms with Gasteiger partial charge in [0.05, 0.1) is 0 Å². The maximum atomic E-state index is 11.8. The number of hydrogen-bond acceptors (Lipinski definition) is 7. The second-order valence-corrected chi connectivity index (χ2v) is 4.54. The molecule has 1 unspecified atom stereocenters. The van der Waals surface area contributed by atoms with E-state index in [-0.39, 0.29) is 23.5 Å². The lowest BCUT2D eigenvalue weighted by atomic mass is 9.89. The first-order chi connectivity index (χ1) is 9.11. The van der Waals surface area contributed by atoms with Gasteiger partial charge in [-0.2, -0.15) is 0 Å². The summed E-state index contributed by atoms with van der Waals surface area (Å²) in [4.78, 5) is 19.8. The smallest absolute Gasteiger partial charge is 0.270 e. The van der Waals surface area contributed by atoms with Crippen LogP contribution in [0.1, 0.15) is 19.2 Å². The fraction of sp³-hybridized carbons (Fsp3) is 0.364. The van der Waals surface area contributed by atoms with Crippen molar-refractivity contribution in [2.45, 2.75) is 18.8 Å². The summed E-state index contributed by atoms with van der Waals surface area (Å²) in [5.74, 6) is 0.526. The molecule has 3 rings (SSSR count). The number of hydrogen-bond donors (Lipinski definition) is 2. The Hall–Kier alpha value is -2.51. The number of aromatic nitrogens is 4. The molecule has 0 bridgehead atoms. The van der Waals surface area contributed by atoms with Crippen LogP contribution in [0.4, 0.5) is 5.82 Å². The zero-order valence-electron chi connectivity index (χ0n) is 10.3. The van der Waals surface area contributed by atoms with Crippen LogP contribution in [-0.4, -0.2) is 32.6 Å². The minimum Gasteiger partial charge on any atom is -0.418 e. The van der Waals surface area contributed by atoms with E-state index in [9.17, 15) is 4.79 Å². The van der Waals surface area contributed by atoms with Gasteiger partial charge >= 0.3 is 0 Å².